The zero-order valence-corrected chi connectivity index (χ0v) is 12.6. The van der Waals surface area contributed by atoms with E-state index in [9.17, 15) is 9.90 Å². The second-order valence-electron chi connectivity index (χ2n) is 4.50. The van der Waals surface area contributed by atoms with Gasteiger partial charge in [-0.05, 0) is 18.2 Å². The summed E-state index contributed by atoms with van der Waals surface area (Å²) in [5, 5.41) is 22.0. The van der Waals surface area contributed by atoms with Gasteiger partial charge in [-0.1, -0.05) is 41.9 Å². The summed E-state index contributed by atoms with van der Waals surface area (Å²) in [6.45, 7) is 0. The summed E-state index contributed by atoms with van der Waals surface area (Å²) in [5.41, 5.74) is 2.37. The maximum Gasteiger partial charge on any atom is 0.355 e. The van der Waals surface area contributed by atoms with E-state index in [1.165, 1.54) is 0 Å². The van der Waals surface area contributed by atoms with Crippen LogP contribution >= 0.6 is 11.6 Å². The van der Waals surface area contributed by atoms with Gasteiger partial charge in [-0.2, -0.15) is 0 Å². The normalized spacial score (nSPS) is 12.8. The van der Waals surface area contributed by atoms with Gasteiger partial charge in [0.2, 0.25) is 6.23 Å². The summed E-state index contributed by atoms with van der Waals surface area (Å²) in [5.74, 6) is -1.42. The number of aliphatic carboxylic acids is 1. The van der Waals surface area contributed by atoms with Crippen LogP contribution in [0.3, 0.4) is 0 Å². The molecule has 2 rings (SSSR count). The molecular weight excluding hydrogens is 304 g/mol. The minimum absolute atomic E-state index is 0.349. The Morgan fingerprint density at radius 3 is 2.50 bits per heavy atom. The van der Waals surface area contributed by atoms with Gasteiger partial charge >= 0.3 is 5.97 Å². The van der Waals surface area contributed by atoms with Gasteiger partial charge in [0, 0.05) is 28.9 Å². The highest BCUT2D eigenvalue weighted by molar-refractivity contribution is 6.31. The number of nitrogens with zero attached hydrogens (tertiary/aromatic N) is 1. The summed E-state index contributed by atoms with van der Waals surface area (Å²) in [6.07, 6.45) is -1.85. The second kappa shape index (κ2) is 7.06. The van der Waals surface area contributed by atoms with Gasteiger partial charge in [-0.3, -0.25) is 0 Å². The minimum Gasteiger partial charge on any atom is -0.478 e. The molecule has 5 nitrogen and oxygen atoms in total. The third-order valence-corrected chi connectivity index (χ3v) is 3.26. The SMILES string of the molecule is CNc1ccc(Cl)cc1/C(=N/C(O)C(=O)O)c1ccccc1. The first-order valence-electron chi connectivity index (χ1n) is 6.54. The maximum atomic E-state index is 10.9. The van der Waals surface area contributed by atoms with E-state index in [1.807, 2.05) is 18.2 Å². The highest BCUT2D eigenvalue weighted by atomic mass is 35.5. The van der Waals surface area contributed by atoms with Crippen molar-refractivity contribution in [2.45, 2.75) is 6.23 Å². The largest absolute Gasteiger partial charge is 0.478 e. The lowest BCUT2D eigenvalue weighted by Gasteiger charge is -2.14. The van der Waals surface area contributed by atoms with Crippen molar-refractivity contribution < 1.29 is 15.0 Å². The number of hydrogen-bond acceptors (Lipinski definition) is 4. The third kappa shape index (κ3) is 3.63. The molecule has 0 radical (unpaired) electrons. The Hall–Kier alpha value is -2.37. The molecular formula is C16H15ClN2O3. The van der Waals surface area contributed by atoms with Crippen molar-refractivity contribution in [1.29, 1.82) is 0 Å². The van der Waals surface area contributed by atoms with Gasteiger partial charge in [0.05, 0.1) is 5.71 Å². The van der Waals surface area contributed by atoms with Crippen molar-refractivity contribution >= 4 is 29.0 Å². The number of rotatable bonds is 5. The average molecular weight is 319 g/mol. The third-order valence-electron chi connectivity index (χ3n) is 3.03. The molecule has 6 heteroatoms. The van der Waals surface area contributed by atoms with Gasteiger partial charge in [-0.25, -0.2) is 9.79 Å². The molecule has 0 aromatic heterocycles. The molecule has 0 fully saturated rings. The van der Waals surface area contributed by atoms with Gasteiger partial charge in [-0.15, -0.1) is 0 Å². The Kier molecular flexibility index (Phi) is 5.14. The van der Waals surface area contributed by atoms with Gasteiger partial charge in [0.1, 0.15) is 0 Å². The van der Waals surface area contributed by atoms with Crippen LogP contribution < -0.4 is 5.32 Å². The molecule has 2 aromatic carbocycles. The molecule has 114 valence electrons. The van der Waals surface area contributed by atoms with Crippen LogP contribution in [0.5, 0.6) is 0 Å². The van der Waals surface area contributed by atoms with Crippen molar-refractivity contribution in [2.75, 3.05) is 12.4 Å². The van der Waals surface area contributed by atoms with Crippen LogP contribution in [0.4, 0.5) is 5.69 Å². The van der Waals surface area contributed by atoms with E-state index in [4.69, 9.17) is 16.7 Å². The van der Waals surface area contributed by atoms with E-state index >= 15 is 0 Å². The van der Waals surface area contributed by atoms with E-state index in [2.05, 4.69) is 10.3 Å². The molecule has 1 unspecified atom stereocenters. The average Bonchev–Trinajstić information content (AvgIpc) is 2.53. The lowest BCUT2D eigenvalue weighted by Crippen LogP contribution is -2.20. The molecule has 0 amide bonds. The Morgan fingerprint density at radius 2 is 1.91 bits per heavy atom. The van der Waals surface area contributed by atoms with Crippen molar-refractivity contribution in [2.24, 2.45) is 4.99 Å². The maximum absolute atomic E-state index is 10.9. The first-order chi connectivity index (χ1) is 10.5. The number of carbonyl (C=O) groups is 1. The molecule has 3 N–H and O–H groups in total. The van der Waals surface area contributed by atoms with Crippen LogP contribution in [0, 0.1) is 0 Å². The van der Waals surface area contributed by atoms with Gasteiger partial charge in [0.25, 0.3) is 0 Å². The summed E-state index contributed by atoms with van der Waals surface area (Å²) in [7, 11) is 1.74. The number of carboxylic acid groups (broad SMARTS) is 1. The van der Waals surface area contributed by atoms with Crippen LogP contribution in [-0.2, 0) is 4.79 Å². The Balaban J connectivity index is 2.64. The summed E-state index contributed by atoms with van der Waals surface area (Å²) in [6, 6.07) is 14.2. The number of aliphatic hydroxyl groups excluding tert-OH is 1. The monoisotopic (exact) mass is 318 g/mol. The molecule has 0 spiro atoms. The van der Waals surface area contributed by atoms with Crippen molar-refractivity contribution in [3.8, 4) is 0 Å². The fourth-order valence-corrected chi connectivity index (χ4v) is 2.18. The quantitative estimate of drug-likeness (QED) is 0.740. The summed E-state index contributed by atoms with van der Waals surface area (Å²) >= 11 is 6.04. The zero-order chi connectivity index (χ0) is 16.1. The number of aliphatic hydroxyl groups is 1. The predicted octanol–water partition coefficient (Wildman–Crippen LogP) is 2.62. The number of benzene rings is 2. The van der Waals surface area contributed by atoms with E-state index in [0.717, 1.165) is 5.69 Å². The summed E-state index contributed by atoms with van der Waals surface area (Å²) < 4.78 is 0. The standard InChI is InChI=1S/C16H15ClN2O3/c1-18-13-8-7-11(17)9-12(13)14(19-15(20)16(21)22)10-5-3-2-4-6-10/h2-9,15,18,20H,1H3,(H,21,22)/b19-14+. The van der Waals surface area contributed by atoms with Crippen LogP contribution in [0.2, 0.25) is 5.02 Å². The topological polar surface area (TPSA) is 81.9 Å². The van der Waals surface area contributed by atoms with Crippen molar-refractivity contribution in [1.82, 2.24) is 0 Å². The molecule has 0 saturated carbocycles. The van der Waals surface area contributed by atoms with Crippen LogP contribution in [0.15, 0.2) is 53.5 Å². The van der Waals surface area contributed by atoms with E-state index < -0.39 is 12.2 Å². The lowest BCUT2D eigenvalue weighted by molar-refractivity contribution is -0.146. The molecule has 0 aliphatic rings. The molecule has 0 saturated heterocycles. The van der Waals surface area contributed by atoms with E-state index in [-0.39, 0.29) is 0 Å². The van der Waals surface area contributed by atoms with Crippen molar-refractivity contribution in [3.63, 3.8) is 0 Å². The highest BCUT2D eigenvalue weighted by Gasteiger charge is 2.17. The van der Waals surface area contributed by atoms with Gasteiger partial charge < -0.3 is 15.5 Å². The Labute approximate surface area is 132 Å². The first-order valence-corrected chi connectivity index (χ1v) is 6.92. The number of hydrogen-bond donors (Lipinski definition) is 3. The Bertz CT molecular complexity index is 702. The number of anilines is 1. The van der Waals surface area contributed by atoms with E-state index in [0.29, 0.717) is 21.9 Å². The molecule has 0 aliphatic carbocycles. The predicted molar refractivity (Wildman–Crippen MR) is 86.7 cm³/mol. The summed E-state index contributed by atoms with van der Waals surface area (Å²) in [4.78, 5) is 14.9. The lowest BCUT2D eigenvalue weighted by atomic mass is 10.0. The fraction of sp³-hybridized carbons (Fsp3) is 0.125. The molecule has 0 aliphatic heterocycles. The first kappa shape index (κ1) is 16.0. The fourth-order valence-electron chi connectivity index (χ4n) is 2.00. The minimum atomic E-state index is -1.85. The molecule has 1 atom stereocenters. The van der Waals surface area contributed by atoms with Crippen LogP contribution in [-0.4, -0.2) is 35.2 Å². The van der Waals surface area contributed by atoms with Gasteiger partial charge in [0.15, 0.2) is 0 Å². The molecule has 2 aromatic rings. The zero-order valence-electron chi connectivity index (χ0n) is 11.8. The second-order valence-corrected chi connectivity index (χ2v) is 4.93. The number of aliphatic imine (C=N–C) groups is 1. The molecule has 0 bridgehead atoms. The number of carboxylic acids is 1. The molecule has 0 heterocycles. The van der Waals surface area contributed by atoms with Crippen molar-refractivity contribution in [3.05, 3.63) is 64.7 Å². The van der Waals surface area contributed by atoms with Crippen LogP contribution in [0.25, 0.3) is 0 Å². The number of nitrogens with one attached hydrogen (secondary N) is 1. The smallest absolute Gasteiger partial charge is 0.355 e. The van der Waals surface area contributed by atoms with E-state index in [1.54, 1.807) is 37.4 Å². The highest BCUT2D eigenvalue weighted by Crippen LogP contribution is 2.24. The number of halogens is 1. The Morgan fingerprint density at radius 1 is 1.23 bits per heavy atom. The molecule has 22 heavy (non-hydrogen) atoms. The van der Waals surface area contributed by atoms with Crippen LogP contribution in [0.1, 0.15) is 11.1 Å².